The predicted octanol–water partition coefficient (Wildman–Crippen LogP) is 2.48. The fourth-order valence-corrected chi connectivity index (χ4v) is 2.61. The van der Waals surface area contributed by atoms with E-state index in [0.717, 1.165) is 13.1 Å². The summed E-state index contributed by atoms with van der Waals surface area (Å²) in [5, 5.41) is 0.653. The maximum atomic E-state index is 5.98. The smallest absolute Gasteiger partial charge is 0.0656 e. The predicted molar refractivity (Wildman–Crippen MR) is 65.4 cm³/mol. The van der Waals surface area contributed by atoms with Crippen molar-refractivity contribution in [3.05, 3.63) is 23.2 Å². The summed E-state index contributed by atoms with van der Waals surface area (Å²) in [6, 6.07) is 5.86. The molecular formula is C10H13ClN2S. The standard InChI is InChI=1S/C10H13ClN2S/c11-9-7-8(1-2-10(9)12)13-3-5-14-6-4-13/h1-2,7H,3-6,12H2. The Morgan fingerprint density at radius 1 is 1.29 bits per heavy atom. The monoisotopic (exact) mass is 228 g/mol. The van der Waals surface area contributed by atoms with Crippen molar-refractivity contribution >= 4 is 34.7 Å². The molecule has 0 unspecified atom stereocenters. The molecule has 76 valence electrons. The molecule has 0 atom stereocenters. The molecule has 0 radical (unpaired) electrons. The third-order valence-corrected chi connectivity index (χ3v) is 3.63. The van der Waals surface area contributed by atoms with Gasteiger partial charge in [0.05, 0.1) is 10.7 Å². The Bertz CT molecular complexity index is 324. The Morgan fingerprint density at radius 3 is 2.64 bits per heavy atom. The van der Waals surface area contributed by atoms with E-state index < -0.39 is 0 Å². The van der Waals surface area contributed by atoms with Crippen LogP contribution in [0.2, 0.25) is 5.02 Å². The lowest BCUT2D eigenvalue weighted by atomic mass is 10.2. The zero-order valence-corrected chi connectivity index (χ0v) is 9.44. The van der Waals surface area contributed by atoms with Crippen LogP contribution in [0.25, 0.3) is 0 Å². The van der Waals surface area contributed by atoms with Gasteiger partial charge in [0.25, 0.3) is 0 Å². The van der Waals surface area contributed by atoms with E-state index in [0.29, 0.717) is 10.7 Å². The molecule has 2 N–H and O–H groups in total. The van der Waals surface area contributed by atoms with Crippen molar-refractivity contribution in [3.8, 4) is 0 Å². The molecule has 1 aliphatic heterocycles. The van der Waals surface area contributed by atoms with Crippen LogP contribution in [0.1, 0.15) is 0 Å². The summed E-state index contributed by atoms with van der Waals surface area (Å²) < 4.78 is 0. The molecule has 2 rings (SSSR count). The number of nitrogens with two attached hydrogens (primary N) is 1. The molecule has 4 heteroatoms. The molecule has 0 saturated carbocycles. The third-order valence-electron chi connectivity index (χ3n) is 2.36. The van der Waals surface area contributed by atoms with Crippen molar-refractivity contribution in [2.24, 2.45) is 0 Å². The molecule has 1 heterocycles. The number of nitrogen functional groups attached to an aromatic ring is 1. The number of nitrogens with zero attached hydrogens (tertiary/aromatic N) is 1. The molecule has 0 aliphatic carbocycles. The summed E-state index contributed by atoms with van der Waals surface area (Å²) in [7, 11) is 0. The number of thioether (sulfide) groups is 1. The van der Waals surface area contributed by atoms with E-state index in [4.69, 9.17) is 17.3 Å². The van der Waals surface area contributed by atoms with Crippen molar-refractivity contribution in [1.82, 2.24) is 0 Å². The van der Waals surface area contributed by atoms with Gasteiger partial charge in [0, 0.05) is 30.3 Å². The van der Waals surface area contributed by atoms with Gasteiger partial charge in [-0.05, 0) is 18.2 Å². The van der Waals surface area contributed by atoms with Gasteiger partial charge in [-0.1, -0.05) is 11.6 Å². The topological polar surface area (TPSA) is 29.3 Å². The molecule has 0 spiro atoms. The highest BCUT2D eigenvalue weighted by molar-refractivity contribution is 7.99. The van der Waals surface area contributed by atoms with E-state index in [9.17, 15) is 0 Å². The van der Waals surface area contributed by atoms with Gasteiger partial charge in [-0.25, -0.2) is 0 Å². The first-order chi connectivity index (χ1) is 6.77. The van der Waals surface area contributed by atoms with E-state index >= 15 is 0 Å². The summed E-state index contributed by atoms with van der Waals surface area (Å²) in [5.41, 5.74) is 7.50. The van der Waals surface area contributed by atoms with Gasteiger partial charge in [0.1, 0.15) is 0 Å². The van der Waals surface area contributed by atoms with Gasteiger partial charge in [-0.3, -0.25) is 0 Å². The van der Waals surface area contributed by atoms with E-state index in [2.05, 4.69) is 4.90 Å². The Balaban J connectivity index is 2.18. The number of rotatable bonds is 1. The van der Waals surface area contributed by atoms with Crippen molar-refractivity contribution in [2.45, 2.75) is 0 Å². The number of benzene rings is 1. The zero-order chi connectivity index (χ0) is 9.97. The first kappa shape index (κ1) is 9.99. The van der Waals surface area contributed by atoms with Gasteiger partial charge < -0.3 is 10.6 Å². The van der Waals surface area contributed by atoms with Crippen LogP contribution in [0.15, 0.2) is 18.2 Å². The molecule has 0 aromatic heterocycles. The second-order valence-corrected chi connectivity index (χ2v) is 4.94. The molecule has 1 aromatic carbocycles. The Morgan fingerprint density at radius 2 is 2.00 bits per heavy atom. The largest absolute Gasteiger partial charge is 0.398 e. The first-order valence-corrected chi connectivity index (χ1v) is 6.18. The van der Waals surface area contributed by atoms with Crippen molar-refractivity contribution in [3.63, 3.8) is 0 Å². The number of hydrogen-bond donors (Lipinski definition) is 1. The average molecular weight is 229 g/mol. The maximum Gasteiger partial charge on any atom is 0.0656 e. The van der Waals surface area contributed by atoms with Crippen LogP contribution in [0.5, 0.6) is 0 Å². The van der Waals surface area contributed by atoms with Crippen LogP contribution in [0.3, 0.4) is 0 Å². The van der Waals surface area contributed by atoms with Gasteiger partial charge >= 0.3 is 0 Å². The van der Waals surface area contributed by atoms with Crippen LogP contribution in [-0.2, 0) is 0 Å². The number of hydrogen-bond acceptors (Lipinski definition) is 3. The van der Waals surface area contributed by atoms with Crippen LogP contribution in [0.4, 0.5) is 11.4 Å². The molecule has 1 fully saturated rings. The first-order valence-electron chi connectivity index (χ1n) is 4.65. The zero-order valence-electron chi connectivity index (χ0n) is 7.87. The normalized spacial score (nSPS) is 17.1. The minimum absolute atomic E-state index is 0.653. The SMILES string of the molecule is Nc1ccc(N2CCSCC2)cc1Cl. The fourth-order valence-electron chi connectivity index (χ4n) is 1.53. The number of halogens is 1. The minimum Gasteiger partial charge on any atom is -0.398 e. The molecule has 14 heavy (non-hydrogen) atoms. The summed E-state index contributed by atoms with van der Waals surface area (Å²) in [4.78, 5) is 2.35. The van der Waals surface area contributed by atoms with Gasteiger partial charge in [-0.2, -0.15) is 11.8 Å². The molecule has 0 bridgehead atoms. The summed E-state index contributed by atoms with van der Waals surface area (Å²) >= 11 is 7.98. The minimum atomic E-state index is 0.653. The van der Waals surface area contributed by atoms with Crippen LogP contribution in [-0.4, -0.2) is 24.6 Å². The highest BCUT2D eigenvalue weighted by Crippen LogP contribution is 2.26. The van der Waals surface area contributed by atoms with Gasteiger partial charge in [-0.15, -0.1) is 0 Å². The summed E-state index contributed by atoms with van der Waals surface area (Å²) in [5.74, 6) is 2.39. The van der Waals surface area contributed by atoms with Gasteiger partial charge in [0.15, 0.2) is 0 Å². The molecular weight excluding hydrogens is 216 g/mol. The van der Waals surface area contributed by atoms with Crippen LogP contribution in [0, 0.1) is 0 Å². The maximum absolute atomic E-state index is 5.98. The van der Waals surface area contributed by atoms with Gasteiger partial charge in [0.2, 0.25) is 0 Å². The molecule has 1 saturated heterocycles. The third kappa shape index (κ3) is 2.10. The molecule has 1 aliphatic rings. The van der Waals surface area contributed by atoms with E-state index in [-0.39, 0.29) is 0 Å². The van der Waals surface area contributed by atoms with Crippen molar-refractivity contribution < 1.29 is 0 Å². The lowest BCUT2D eigenvalue weighted by molar-refractivity contribution is 0.859. The Kier molecular flexibility index (Phi) is 3.08. The van der Waals surface area contributed by atoms with E-state index in [1.165, 1.54) is 17.2 Å². The average Bonchev–Trinajstić information content (AvgIpc) is 2.23. The molecule has 0 amide bonds. The second-order valence-electron chi connectivity index (χ2n) is 3.31. The number of anilines is 2. The van der Waals surface area contributed by atoms with Crippen molar-refractivity contribution in [2.75, 3.05) is 35.2 Å². The second kappa shape index (κ2) is 4.32. The molecule has 1 aromatic rings. The fraction of sp³-hybridized carbons (Fsp3) is 0.400. The lowest BCUT2D eigenvalue weighted by Crippen LogP contribution is -2.32. The molecule has 2 nitrogen and oxygen atoms in total. The van der Waals surface area contributed by atoms with Crippen LogP contribution >= 0.6 is 23.4 Å². The highest BCUT2D eigenvalue weighted by Gasteiger charge is 2.11. The van der Waals surface area contributed by atoms with Crippen molar-refractivity contribution in [1.29, 1.82) is 0 Å². The van der Waals surface area contributed by atoms with E-state index in [1.807, 2.05) is 30.0 Å². The van der Waals surface area contributed by atoms with Crippen LogP contribution < -0.4 is 10.6 Å². The Hall–Kier alpha value is -0.540. The lowest BCUT2D eigenvalue weighted by Gasteiger charge is -2.28. The highest BCUT2D eigenvalue weighted by atomic mass is 35.5. The Labute approximate surface area is 93.4 Å². The summed E-state index contributed by atoms with van der Waals surface area (Å²) in [6.45, 7) is 2.20. The van der Waals surface area contributed by atoms with E-state index in [1.54, 1.807) is 0 Å². The summed E-state index contributed by atoms with van der Waals surface area (Å²) in [6.07, 6.45) is 0. The quantitative estimate of drug-likeness (QED) is 0.749.